The van der Waals surface area contributed by atoms with Gasteiger partial charge < -0.3 is 9.80 Å². The molecule has 0 spiro atoms. The van der Waals surface area contributed by atoms with E-state index in [9.17, 15) is 14.9 Å². The zero-order valence-corrected chi connectivity index (χ0v) is 15.6. The lowest BCUT2D eigenvalue weighted by Crippen LogP contribution is -2.50. The van der Waals surface area contributed by atoms with Gasteiger partial charge in [0.2, 0.25) is 11.9 Å². The first-order chi connectivity index (χ1) is 14.1. The summed E-state index contributed by atoms with van der Waals surface area (Å²) in [4.78, 5) is 27.1. The van der Waals surface area contributed by atoms with Gasteiger partial charge in [-0.3, -0.25) is 14.9 Å². The largest absolute Gasteiger partial charge is 0.339 e. The van der Waals surface area contributed by atoms with Crippen molar-refractivity contribution in [1.82, 2.24) is 25.1 Å². The van der Waals surface area contributed by atoms with Crippen molar-refractivity contribution in [2.24, 2.45) is 0 Å². The number of nitrogens with zero attached hydrogens (tertiary/aromatic N) is 7. The standard InChI is InChI=1S/C19H19N7O3/c27-18(14-15-6-4-5-9-17(15)26(28)29)23-10-12-24(13-11-23)19-20-21-22-25(19)16-7-2-1-3-8-16/h1-9H,10-14H2. The molecule has 148 valence electrons. The second-order valence-corrected chi connectivity index (χ2v) is 6.66. The highest BCUT2D eigenvalue weighted by molar-refractivity contribution is 5.80. The Morgan fingerprint density at radius 3 is 2.41 bits per heavy atom. The Balaban J connectivity index is 1.41. The molecule has 10 nitrogen and oxygen atoms in total. The zero-order chi connectivity index (χ0) is 20.2. The number of hydrogen-bond acceptors (Lipinski definition) is 7. The van der Waals surface area contributed by atoms with E-state index in [1.165, 1.54) is 6.07 Å². The molecule has 0 aliphatic carbocycles. The fourth-order valence-electron chi connectivity index (χ4n) is 3.38. The molecule has 4 rings (SSSR count). The fourth-order valence-corrected chi connectivity index (χ4v) is 3.38. The summed E-state index contributed by atoms with van der Waals surface area (Å²) in [6.07, 6.45) is 0.0128. The molecule has 0 saturated carbocycles. The van der Waals surface area contributed by atoms with Crippen LogP contribution in [0, 0.1) is 10.1 Å². The number of para-hydroxylation sites is 2. The molecule has 0 atom stereocenters. The predicted octanol–water partition coefficient (Wildman–Crippen LogP) is 1.46. The number of rotatable bonds is 5. The van der Waals surface area contributed by atoms with E-state index in [2.05, 4.69) is 15.5 Å². The van der Waals surface area contributed by atoms with Crippen LogP contribution >= 0.6 is 0 Å². The third-order valence-electron chi connectivity index (χ3n) is 4.90. The van der Waals surface area contributed by atoms with E-state index >= 15 is 0 Å². The zero-order valence-electron chi connectivity index (χ0n) is 15.6. The summed E-state index contributed by atoms with van der Waals surface area (Å²) >= 11 is 0. The van der Waals surface area contributed by atoms with E-state index in [4.69, 9.17) is 0 Å². The number of nitro groups is 1. The van der Waals surface area contributed by atoms with Crippen molar-refractivity contribution in [3.63, 3.8) is 0 Å². The van der Waals surface area contributed by atoms with Crippen LogP contribution < -0.4 is 4.90 Å². The first kappa shape index (κ1) is 18.5. The molecular weight excluding hydrogens is 374 g/mol. The van der Waals surface area contributed by atoms with E-state index in [0.717, 1.165) is 5.69 Å². The van der Waals surface area contributed by atoms with Crippen LogP contribution in [0.25, 0.3) is 5.69 Å². The third-order valence-corrected chi connectivity index (χ3v) is 4.90. The number of nitro benzene ring substituents is 1. The lowest BCUT2D eigenvalue weighted by atomic mass is 10.1. The highest BCUT2D eigenvalue weighted by atomic mass is 16.6. The smallest absolute Gasteiger partial charge is 0.273 e. The second kappa shape index (κ2) is 8.05. The quantitative estimate of drug-likeness (QED) is 0.477. The number of benzene rings is 2. The minimum Gasteiger partial charge on any atom is -0.339 e. The molecule has 2 heterocycles. The number of amides is 1. The van der Waals surface area contributed by atoms with E-state index in [1.54, 1.807) is 27.8 Å². The molecular formula is C19H19N7O3. The van der Waals surface area contributed by atoms with Crippen molar-refractivity contribution in [3.8, 4) is 5.69 Å². The van der Waals surface area contributed by atoms with Crippen molar-refractivity contribution in [2.75, 3.05) is 31.1 Å². The van der Waals surface area contributed by atoms with Crippen LogP contribution in [-0.2, 0) is 11.2 Å². The average Bonchev–Trinajstić information content (AvgIpc) is 3.24. The van der Waals surface area contributed by atoms with Crippen molar-refractivity contribution < 1.29 is 9.72 Å². The number of aromatic nitrogens is 4. The summed E-state index contributed by atoms with van der Waals surface area (Å²) in [6.45, 7) is 2.16. The molecule has 29 heavy (non-hydrogen) atoms. The van der Waals surface area contributed by atoms with Gasteiger partial charge in [-0.15, -0.1) is 0 Å². The molecule has 0 radical (unpaired) electrons. The van der Waals surface area contributed by atoms with Crippen molar-refractivity contribution in [2.45, 2.75) is 6.42 Å². The topological polar surface area (TPSA) is 110 Å². The summed E-state index contributed by atoms with van der Waals surface area (Å²) in [5, 5.41) is 23.1. The maximum Gasteiger partial charge on any atom is 0.273 e. The summed E-state index contributed by atoms with van der Waals surface area (Å²) in [5.74, 6) is 0.503. The van der Waals surface area contributed by atoms with Crippen molar-refractivity contribution >= 4 is 17.5 Å². The van der Waals surface area contributed by atoms with Crippen molar-refractivity contribution in [3.05, 3.63) is 70.3 Å². The van der Waals surface area contributed by atoms with Gasteiger partial charge in [-0.2, -0.15) is 4.68 Å². The van der Waals surface area contributed by atoms with Crippen LogP contribution in [0.15, 0.2) is 54.6 Å². The maximum absolute atomic E-state index is 12.7. The number of piperazine rings is 1. The molecule has 1 aromatic heterocycles. The van der Waals surface area contributed by atoms with Crippen molar-refractivity contribution in [1.29, 1.82) is 0 Å². The number of anilines is 1. The summed E-state index contributed by atoms with van der Waals surface area (Å²) in [5.41, 5.74) is 1.27. The minimum absolute atomic E-state index is 0.0128. The van der Waals surface area contributed by atoms with Gasteiger partial charge in [0.05, 0.1) is 17.0 Å². The SMILES string of the molecule is O=C(Cc1ccccc1[N+](=O)[O-])N1CCN(c2nnnn2-c2ccccc2)CC1. The molecule has 0 unspecified atom stereocenters. The normalized spacial score (nSPS) is 14.1. The molecule has 1 saturated heterocycles. The first-order valence-electron chi connectivity index (χ1n) is 9.22. The number of tetrazole rings is 1. The molecule has 3 aromatic rings. The Bertz CT molecular complexity index is 1010. The van der Waals surface area contributed by atoms with Crippen LogP contribution in [0.5, 0.6) is 0 Å². The van der Waals surface area contributed by atoms with Crippen LogP contribution in [0.2, 0.25) is 0 Å². The van der Waals surface area contributed by atoms with E-state index in [1.807, 2.05) is 35.2 Å². The maximum atomic E-state index is 12.7. The fraction of sp³-hybridized carbons (Fsp3) is 0.263. The Morgan fingerprint density at radius 2 is 1.69 bits per heavy atom. The van der Waals surface area contributed by atoms with E-state index in [0.29, 0.717) is 37.7 Å². The second-order valence-electron chi connectivity index (χ2n) is 6.66. The van der Waals surface area contributed by atoms with Gasteiger partial charge in [0.15, 0.2) is 0 Å². The molecule has 0 bridgehead atoms. The predicted molar refractivity (Wildman–Crippen MR) is 105 cm³/mol. The Morgan fingerprint density at radius 1 is 1.00 bits per heavy atom. The molecule has 1 aliphatic rings. The lowest BCUT2D eigenvalue weighted by Gasteiger charge is -2.34. The molecule has 1 fully saturated rings. The summed E-state index contributed by atoms with van der Waals surface area (Å²) < 4.78 is 1.67. The minimum atomic E-state index is -0.454. The Hall–Kier alpha value is -3.82. The van der Waals surface area contributed by atoms with Gasteiger partial charge in [-0.25, -0.2) is 0 Å². The van der Waals surface area contributed by atoms with Gasteiger partial charge in [-0.05, 0) is 22.6 Å². The van der Waals surface area contributed by atoms with Gasteiger partial charge in [0.25, 0.3) is 5.69 Å². The number of carbonyl (C=O) groups excluding carboxylic acids is 1. The first-order valence-corrected chi connectivity index (χ1v) is 9.22. The third kappa shape index (κ3) is 3.91. The molecule has 1 amide bonds. The van der Waals surface area contributed by atoms with Crippen LogP contribution in [0.3, 0.4) is 0 Å². The van der Waals surface area contributed by atoms with Crippen LogP contribution in [0.1, 0.15) is 5.56 Å². The van der Waals surface area contributed by atoms with Gasteiger partial charge in [0, 0.05) is 37.8 Å². The molecule has 10 heteroatoms. The van der Waals surface area contributed by atoms with E-state index in [-0.39, 0.29) is 18.0 Å². The lowest BCUT2D eigenvalue weighted by molar-refractivity contribution is -0.385. The molecule has 2 aromatic carbocycles. The monoisotopic (exact) mass is 393 g/mol. The average molecular weight is 393 g/mol. The number of carbonyl (C=O) groups is 1. The molecule has 1 aliphatic heterocycles. The number of hydrogen-bond donors (Lipinski definition) is 0. The highest BCUT2D eigenvalue weighted by Gasteiger charge is 2.26. The Labute approximate surface area is 166 Å². The Kier molecular flexibility index (Phi) is 5.14. The van der Waals surface area contributed by atoms with Gasteiger partial charge in [-0.1, -0.05) is 41.5 Å². The van der Waals surface area contributed by atoms with E-state index < -0.39 is 4.92 Å². The van der Waals surface area contributed by atoms with Crippen LogP contribution in [-0.4, -0.2) is 62.1 Å². The highest BCUT2D eigenvalue weighted by Crippen LogP contribution is 2.20. The van der Waals surface area contributed by atoms with Gasteiger partial charge >= 0.3 is 0 Å². The summed E-state index contributed by atoms with van der Waals surface area (Å²) in [7, 11) is 0. The van der Waals surface area contributed by atoms with Crippen LogP contribution in [0.4, 0.5) is 11.6 Å². The van der Waals surface area contributed by atoms with Gasteiger partial charge in [0.1, 0.15) is 0 Å². The molecule has 0 N–H and O–H groups in total. The summed E-state index contributed by atoms with van der Waals surface area (Å²) in [6, 6.07) is 16.0.